The molecule has 1 heterocycles. The molecule has 1 aliphatic rings. The van der Waals surface area contributed by atoms with Crippen molar-refractivity contribution in [3.8, 4) is 0 Å². The second-order valence-corrected chi connectivity index (χ2v) is 6.98. The summed E-state index contributed by atoms with van der Waals surface area (Å²) in [6.45, 7) is 2.45. The molecule has 29 heavy (non-hydrogen) atoms. The first-order valence-electron chi connectivity index (χ1n) is 9.95. The van der Waals surface area contributed by atoms with Gasteiger partial charge in [0.1, 0.15) is 0 Å². The zero-order valence-corrected chi connectivity index (χ0v) is 16.6. The maximum absolute atomic E-state index is 12.9. The van der Waals surface area contributed by atoms with Crippen molar-refractivity contribution in [2.45, 2.75) is 32.0 Å². The highest BCUT2D eigenvalue weighted by Gasteiger charge is 2.37. The number of benzene rings is 2. The van der Waals surface area contributed by atoms with Crippen LogP contribution in [0.1, 0.15) is 31.2 Å². The van der Waals surface area contributed by atoms with Crippen molar-refractivity contribution in [2.75, 3.05) is 24.3 Å². The summed E-state index contributed by atoms with van der Waals surface area (Å²) in [6, 6.07) is 17.1. The Morgan fingerprint density at radius 3 is 2.59 bits per heavy atom. The van der Waals surface area contributed by atoms with Crippen LogP contribution in [0.25, 0.3) is 0 Å². The molecule has 0 aliphatic carbocycles. The number of aliphatic hydroxyl groups excluding tert-OH is 1. The van der Waals surface area contributed by atoms with Gasteiger partial charge in [-0.1, -0.05) is 42.5 Å². The molecule has 4 N–H and O–H groups in total. The van der Waals surface area contributed by atoms with Gasteiger partial charge in [0, 0.05) is 25.0 Å². The molecule has 1 amide bonds. The number of carbonyl (C=O) groups excluding carboxylic acids is 1. The summed E-state index contributed by atoms with van der Waals surface area (Å²) >= 11 is 0. The highest BCUT2D eigenvalue weighted by Crippen LogP contribution is 2.39. The van der Waals surface area contributed by atoms with E-state index in [2.05, 4.69) is 5.32 Å². The van der Waals surface area contributed by atoms with E-state index in [4.69, 9.17) is 15.2 Å². The molecule has 0 saturated heterocycles. The van der Waals surface area contributed by atoms with E-state index in [1.165, 1.54) is 0 Å². The third-order valence-electron chi connectivity index (χ3n) is 5.03. The molecule has 154 valence electrons. The van der Waals surface area contributed by atoms with Crippen LogP contribution in [0.5, 0.6) is 0 Å². The van der Waals surface area contributed by atoms with E-state index in [-0.39, 0.29) is 30.1 Å². The summed E-state index contributed by atoms with van der Waals surface area (Å²) in [5.74, 6) is -0.236. The Hall–Kier alpha value is -2.83. The Bertz CT molecular complexity index is 838. The third kappa shape index (κ3) is 5.16. The second-order valence-electron chi connectivity index (χ2n) is 6.98. The number of hydrogen-bond acceptors (Lipinski definition) is 5. The normalized spacial score (nSPS) is 21.2. The minimum absolute atomic E-state index is 0.0113. The summed E-state index contributed by atoms with van der Waals surface area (Å²) in [5, 5.41) is 12.1. The average Bonchev–Trinajstić information content (AvgIpc) is 2.74. The Morgan fingerprint density at radius 1 is 1.17 bits per heavy atom. The van der Waals surface area contributed by atoms with E-state index in [1.54, 1.807) is 12.1 Å². The number of nitrogen functional groups attached to an aromatic ring is 1. The molecule has 0 saturated carbocycles. The lowest BCUT2D eigenvalue weighted by atomic mass is 9.80. The smallest absolute Gasteiger partial charge is 0.290 e. The maximum atomic E-state index is 12.9. The molecule has 6 heteroatoms. The van der Waals surface area contributed by atoms with E-state index in [0.717, 1.165) is 12.0 Å². The molecule has 0 bridgehead atoms. The van der Waals surface area contributed by atoms with Gasteiger partial charge in [0.2, 0.25) is 6.29 Å². The number of para-hydroxylation sites is 2. The number of hydrogen-bond donors (Lipinski definition) is 3. The molecule has 0 aromatic heterocycles. The lowest BCUT2D eigenvalue weighted by Crippen LogP contribution is -2.37. The topological polar surface area (TPSA) is 93.8 Å². The van der Waals surface area contributed by atoms with Gasteiger partial charge >= 0.3 is 0 Å². The van der Waals surface area contributed by atoms with Gasteiger partial charge in [-0.15, -0.1) is 0 Å². The average molecular weight is 396 g/mol. The van der Waals surface area contributed by atoms with Crippen molar-refractivity contribution in [3.05, 3.63) is 72.0 Å². The number of aliphatic hydroxyl groups is 1. The van der Waals surface area contributed by atoms with Crippen LogP contribution in [-0.2, 0) is 14.3 Å². The number of carbonyl (C=O) groups is 1. The summed E-state index contributed by atoms with van der Waals surface area (Å²) in [7, 11) is 0. The first-order chi connectivity index (χ1) is 14.1. The van der Waals surface area contributed by atoms with E-state index in [1.807, 2.05) is 55.5 Å². The van der Waals surface area contributed by atoms with Crippen molar-refractivity contribution < 1.29 is 19.4 Å². The highest BCUT2D eigenvalue weighted by atomic mass is 16.7. The lowest BCUT2D eigenvalue weighted by molar-refractivity contribution is -0.165. The van der Waals surface area contributed by atoms with Crippen molar-refractivity contribution in [1.82, 2.24) is 0 Å². The van der Waals surface area contributed by atoms with Crippen LogP contribution in [0.15, 0.2) is 66.4 Å². The van der Waals surface area contributed by atoms with E-state index in [0.29, 0.717) is 24.4 Å². The molecule has 0 radical (unpaired) electrons. The zero-order chi connectivity index (χ0) is 20.6. The van der Waals surface area contributed by atoms with Crippen LogP contribution in [0.3, 0.4) is 0 Å². The Labute approximate surface area is 171 Å². The minimum atomic E-state index is -0.573. The molecule has 2 aromatic carbocycles. The maximum Gasteiger partial charge on any atom is 0.290 e. The summed E-state index contributed by atoms with van der Waals surface area (Å²) in [6.07, 6.45) is 2.63. The number of amides is 1. The predicted molar refractivity (Wildman–Crippen MR) is 113 cm³/mol. The number of nitrogens with one attached hydrogen (secondary N) is 1. The second kappa shape index (κ2) is 10.1. The van der Waals surface area contributed by atoms with E-state index in [9.17, 15) is 9.90 Å². The van der Waals surface area contributed by atoms with Crippen LogP contribution in [-0.4, -0.2) is 30.5 Å². The number of nitrogens with two attached hydrogens (primary N) is 1. The van der Waals surface area contributed by atoms with E-state index < -0.39 is 6.29 Å². The molecular weight excluding hydrogens is 368 g/mol. The molecule has 6 nitrogen and oxygen atoms in total. The number of rotatable bonds is 8. The van der Waals surface area contributed by atoms with Crippen LogP contribution in [0.4, 0.5) is 11.4 Å². The van der Waals surface area contributed by atoms with Gasteiger partial charge in [-0.25, -0.2) is 0 Å². The minimum Gasteiger partial charge on any atom is -0.459 e. The fourth-order valence-corrected chi connectivity index (χ4v) is 3.61. The molecule has 1 aliphatic heterocycles. The van der Waals surface area contributed by atoms with Gasteiger partial charge < -0.3 is 25.6 Å². The van der Waals surface area contributed by atoms with Gasteiger partial charge in [-0.05, 0) is 43.5 Å². The van der Waals surface area contributed by atoms with Gasteiger partial charge in [0.25, 0.3) is 5.91 Å². The van der Waals surface area contributed by atoms with Crippen LogP contribution >= 0.6 is 0 Å². The monoisotopic (exact) mass is 396 g/mol. The fraction of sp³-hybridized carbons (Fsp3) is 0.348. The highest BCUT2D eigenvalue weighted by molar-refractivity contribution is 6.04. The number of anilines is 2. The third-order valence-corrected chi connectivity index (χ3v) is 5.03. The summed E-state index contributed by atoms with van der Waals surface area (Å²) in [5.41, 5.74) is 8.04. The van der Waals surface area contributed by atoms with Crippen molar-refractivity contribution in [2.24, 2.45) is 5.92 Å². The first-order valence-corrected chi connectivity index (χ1v) is 9.95. The molecule has 0 unspecified atom stereocenters. The van der Waals surface area contributed by atoms with Crippen LogP contribution in [0, 0.1) is 5.92 Å². The van der Waals surface area contributed by atoms with Gasteiger partial charge in [-0.2, -0.15) is 0 Å². The largest absolute Gasteiger partial charge is 0.459 e. The Balaban J connectivity index is 1.92. The van der Waals surface area contributed by atoms with Crippen molar-refractivity contribution >= 4 is 17.3 Å². The van der Waals surface area contributed by atoms with Crippen LogP contribution < -0.4 is 11.1 Å². The molecule has 3 atom stereocenters. The number of allylic oxidation sites excluding steroid dienone is 1. The summed E-state index contributed by atoms with van der Waals surface area (Å²) in [4.78, 5) is 12.9. The molecular formula is C23H28N2O4. The van der Waals surface area contributed by atoms with Gasteiger partial charge in [-0.3, -0.25) is 4.79 Å². The lowest BCUT2D eigenvalue weighted by Gasteiger charge is -2.37. The standard InChI is InChI=1S/C23H28N2O4/c1-2-28-23-17(11-8-14-26)18(16-9-4-3-5-10-16)15-21(29-23)22(27)25-20-13-7-6-12-19(20)24/h3-7,9-10,12-13,15,17-18,23,26H,2,8,11,14,24H2,1H3,(H,25,27)/t17-,18-,23-/m0/s1. The van der Waals surface area contributed by atoms with Crippen LogP contribution in [0.2, 0.25) is 0 Å². The Kier molecular flexibility index (Phi) is 7.27. The number of ether oxygens (including phenoxy) is 2. The molecule has 2 aromatic rings. The first kappa shape index (κ1) is 20.9. The summed E-state index contributed by atoms with van der Waals surface area (Å²) < 4.78 is 11.8. The quantitative estimate of drug-likeness (QED) is 0.592. The Morgan fingerprint density at radius 2 is 1.90 bits per heavy atom. The SMILES string of the molecule is CCO[C@H]1OC(C(=O)Nc2ccccc2N)=C[C@@H](c2ccccc2)[C@@H]1CCCO. The molecule has 0 spiro atoms. The van der Waals surface area contributed by atoms with E-state index >= 15 is 0 Å². The zero-order valence-electron chi connectivity index (χ0n) is 16.6. The van der Waals surface area contributed by atoms with Gasteiger partial charge in [0.05, 0.1) is 11.4 Å². The van der Waals surface area contributed by atoms with Crippen molar-refractivity contribution in [3.63, 3.8) is 0 Å². The fourth-order valence-electron chi connectivity index (χ4n) is 3.61. The van der Waals surface area contributed by atoms with Crippen molar-refractivity contribution in [1.29, 1.82) is 0 Å². The molecule has 0 fully saturated rings. The molecule has 3 rings (SSSR count). The predicted octanol–water partition coefficient (Wildman–Crippen LogP) is 3.66. The van der Waals surface area contributed by atoms with Gasteiger partial charge in [0.15, 0.2) is 5.76 Å².